The molecule has 0 bridgehead atoms. The summed E-state index contributed by atoms with van der Waals surface area (Å²) in [5.41, 5.74) is 5.59. The van der Waals surface area contributed by atoms with Gasteiger partial charge in [0.1, 0.15) is 0 Å². The van der Waals surface area contributed by atoms with Gasteiger partial charge in [-0.2, -0.15) is 0 Å². The standard InChI is InChI=1S/C16H13Br2N/c17-15-4-3-13-5-11(6-14(13)8-15)1-2-12-7-16(18)10-19-9-12/h3-5,7-10H,1-2,6H2. The number of rotatable bonds is 3. The predicted molar refractivity (Wildman–Crippen MR) is 86.1 cm³/mol. The number of allylic oxidation sites excluding steroid dienone is 1. The molecule has 1 aliphatic rings. The van der Waals surface area contributed by atoms with E-state index in [1.807, 2.05) is 12.4 Å². The second kappa shape index (κ2) is 5.59. The summed E-state index contributed by atoms with van der Waals surface area (Å²) in [6.45, 7) is 0. The molecule has 96 valence electrons. The van der Waals surface area contributed by atoms with Crippen LogP contribution in [0, 0.1) is 0 Å². The van der Waals surface area contributed by atoms with Gasteiger partial charge in [-0.1, -0.05) is 33.6 Å². The Kier molecular flexibility index (Phi) is 3.85. The SMILES string of the molecule is Brc1cncc(CCC2=Cc3ccc(Br)cc3C2)c1. The Morgan fingerprint density at radius 1 is 1.00 bits per heavy atom. The van der Waals surface area contributed by atoms with Gasteiger partial charge in [-0.3, -0.25) is 4.98 Å². The molecule has 0 saturated heterocycles. The molecule has 0 saturated carbocycles. The van der Waals surface area contributed by atoms with Gasteiger partial charge in [0.05, 0.1) is 0 Å². The number of pyridine rings is 1. The van der Waals surface area contributed by atoms with Gasteiger partial charge in [0, 0.05) is 21.3 Å². The Hall–Kier alpha value is -0.930. The third-order valence-electron chi connectivity index (χ3n) is 3.38. The first-order valence-corrected chi connectivity index (χ1v) is 7.86. The van der Waals surface area contributed by atoms with Crippen LogP contribution in [0.5, 0.6) is 0 Å². The van der Waals surface area contributed by atoms with E-state index in [-0.39, 0.29) is 0 Å². The van der Waals surface area contributed by atoms with E-state index >= 15 is 0 Å². The van der Waals surface area contributed by atoms with Gasteiger partial charge in [0.25, 0.3) is 0 Å². The summed E-state index contributed by atoms with van der Waals surface area (Å²) in [4.78, 5) is 4.21. The van der Waals surface area contributed by atoms with Gasteiger partial charge in [-0.25, -0.2) is 0 Å². The number of aryl methyl sites for hydroxylation is 1. The van der Waals surface area contributed by atoms with Crippen LogP contribution < -0.4 is 0 Å². The smallest absolute Gasteiger partial charge is 0.0410 e. The highest BCUT2D eigenvalue weighted by molar-refractivity contribution is 9.10. The van der Waals surface area contributed by atoms with Gasteiger partial charge >= 0.3 is 0 Å². The Labute approximate surface area is 130 Å². The summed E-state index contributed by atoms with van der Waals surface area (Å²) >= 11 is 7.00. The van der Waals surface area contributed by atoms with Crippen molar-refractivity contribution < 1.29 is 0 Å². The summed E-state index contributed by atoms with van der Waals surface area (Å²) in [6.07, 6.45) is 9.33. The Morgan fingerprint density at radius 2 is 1.89 bits per heavy atom. The molecule has 1 heterocycles. The molecule has 1 nitrogen and oxygen atoms in total. The third-order valence-corrected chi connectivity index (χ3v) is 4.31. The number of nitrogens with zero attached hydrogens (tertiary/aromatic N) is 1. The fourth-order valence-corrected chi connectivity index (χ4v) is 3.26. The molecule has 2 aromatic rings. The van der Waals surface area contributed by atoms with E-state index in [9.17, 15) is 0 Å². The molecular weight excluding hydrogens is 366 g/mol. The van der Waals surface area contributed by atoms with Crippen molar-refractivity contribution in [3.8, 4) is 0 Å². The summed E-state index contributed by atoms with van der Waals surface area (Å²) in [5, 5.41) is 0. The average molecular weight is 379 g/mol. The molecule has 0 atom stereocenters. The van der Waals surface area contributed by atoms with E-state index in [2.05, 4.69) is 67.2 Å². The number of benzene rings is 1. The van der Waals surface area contributed by atoms with Crippen molar-refractivity contribution >= 4 is 37.9 Å². The molecule has 1 aromatic heterocycles. The number of hydrogen-bond donors (Lipinski definition) is 0. The maximum absolute atomic E-state index is 4.21. The molecule has 0 amide bonds. The van der Waals surface area contributed by atoms with E-state index in [1.165, 1.54) is 22.3 Å². The van der Waals surface area contributed by atoms with Crippen LogP contribution in [0.1, 0.15) is 23.1 Å². The molecule has 0 fully saturated rings. The molecule has 19 heavy (non-hydrogen) atoms. The van der Waals surface area contributed by atoms with Crippen LogP contribution in [0.15, 0.2) is 51.2 Å². The lowest BCUT2D eigenvalue weighted by atomic mass is 10.0. The predicted octanol–water partition coefficient (Wildman–Crippen LogP) is 5.18. The third kappa shape index (κ3) is 3.15. The summed E-state index contributed by atoms with van der Waals surface area (Å²) in [5.74, 6) is 0. The lowest BCUT2D eigenvalue weighted by molar-refractivity contribution is 0.909. The zero-order valence-corrected chi connectivity index (χ0v) is 13.5. The van der Waals surface area contributed by atoms with Crippen molar-refractivity contribution in [1.82, 2.24) is 4.98 Å². The molecule has 0 spiro atoms. The average Bonchev–Trinajstić information content (AvgIpc) is 2.78. The van der Waals surface area contributed by atoms with Crippen molar-refractivity contribution in [2.75, 3.05) is 0 Å². The highest BCUT2D eigenvalue weighted by Gasteiger charge is 2.12. The first kappa shape index (κ1) is 13.1. The molecular formula is C16H13Br2N. The van der Waals surface area contributed by atoms with Gasteiger partial charge in [-0.15, -0.1) is 0 Å². The normalized spacial score (nSPS) is 13.3. The van der Waals surface area contributed by atoms with Crippen LogP contribution >= 0.6 is 31.9 Å². The van der Waals surface area contributed by atoms with Crippen molar-refractivity contribution in [1.29, 1.82) is 0 Å². The summed E-state index contributed by atoms with van der Waals surface area (Å²) < 4.78 is 2.22. The minimum atomic E-state index is 1.05. The Morgan fingerprint density at radius 3 is 2.74 bits per heavy atom. The molecule has 0 radical (unpaired) electrons. The second-order valence-electron chi connectivity index (χ2n) is 4.83. The van der Waals surface area contributed by atoms with Crippen molar-refractivity contribution in [2.24, 2.45) is 0 Å². The second-order valence-corrected chi connectivity index (χ2v) is 6.67. The lowest BCUT2D eigenvalue weighted by Gasteiger charge is -2.03. The van der Waals surface area contributed by atoms with Gasteiger partial charge < -0.3 is 0 Å². The van der Waals surface area contributed by atoms with E-state index in [4.69, 9.17) is 0 Å². The van der Waals surface area contributed by atoms with E-state index in [0.717, 1.165) is 28.2 Å². The lowest BCUT2D eigenvalue weighted by Crippen LogP contribution is -1.91. The monoisotopic (exact) mass is 377 g/mol. The zero-order chi connectivity index (χ0) is 13.2. The van der Waals surface area contributed by atoms with Crippen LogP contribution in [-0.4, -0.2) is 4.98 Å². The van der Waals surface area contributed by atoms with Gasteiger partial charge in [0.2, 0.25) is 0 Å². The maximum Gasteiger partial charge on any atom is 0.0410 e. The van der Waals surface area contributed by atoms with Crippen LogP contribution in [0.3, 0.4) is 0 Å². The first-order chi connectivity index (χ1) is 9.20. The zero-order valence-electron chi connectivity index (χ0n) is 10.4. The van der Waals surface area contributed by atoms with Gasteiger partial charge in [-0.05, 0) is 70.1 Å². The molecule has 0 N–H and O–H groups in total. The van der Waals surface area contributed by atoms with Crippen molar-refractivity contribution in [2.45, 2.75) is 19.3 Å². The molecule has 3 rings (SSSR count). The first-order valence-electron chi connectivity index (χ1n) is 6.28. The summed E-state index contributed by atoms with van der Waals surface area (Å²) in [6, 6.07) is 8.66. The van der Waals surface area contributed by atoms with E-state index in [0.29, 0.717) is 0 Å². The summed E-state index contributed by atoms with van der Waals surface area (Å²) in [7, 11) is 0. The van der Waals surface area contributed by atoms with Crippen molar-refractivity contribution in [3.63, 3.8) is 0 Å². The molecule has 1 aromatic carbocycles. The van der Waals surface area contributed by atoms with Crippen LogP contribution in [0.2, 0.25) is 0 Å². The molecule has 0 unspecified atom stereocenters. The maximum atomic E-state index is 4.21. The highest BCUT2D eigenvalue weighted by atomic mass is 79.9. The highest BCUT2D eigenvalue weighted by Crippen LogP contribution is 2.30. The fourth-order valence-electron chi connectivity index (χ4n) is 2.44. The minimum absolute atomic E-state index is 1.05. The number of hydrogen-bond acceptors (Lipinski definition) is 1. The minimum Gasteiger partial charge on any atom is -0.263 e. The van der Waals surface area contributed by atoms with Crippen molar-refractivity contribution in [3.05, 3.63) is 67.9 Å². The van der Waals surface area contributed by atoms with Gasteiger partial charge in [0.15, 0.2) is 0 Å². The van der Waals surface area contributed by atoms with Crippen LogP contribution in [0.4, 0.5) is 0 Å². The number of aromatic nitrogens is 1. The topological polar surface area (TPSA) is 12.9 Å². The molecule has 0 aliphatic heterocycles. The largest absolute Gasteiger partial charge is 0.263 e. The number of halogens is 2. The van der Waals surface area contributed by atoms with Crippen LogP contribution in [-0.2, 0) is 12.8 Å². The fraction of sp³-hybridized carbons (Fsp3) is 0.188. The van der Waals surface area contributed by atoms with Crippen LogP contribution in [0.25, 0.3) is 6.08 Å². The number of fused-ring (bicyclic) bond motifs is 1. The molecule has 1 aliphatic carbocycles. The quantitative estimate of drug-likeness (QED) is 0.717. The Bertz CT molecular complexity index is 647. The Balaban J connectivity index is 1.67. The van der Waals surface area contributed by atoms with E-state index in [1.54, 1.807) is 0 Å². The molecule has 3 heteroatoms. The van der Waals surface area contributed by atoms with E-state index < -0.39 is 0 Å².